The molecule has 0 radical (unpaired) electrons. The number of hydrogen-bond donors (Lipinski definition) is 0. The monoisotopic (exact) mass is 496 g/mol. The molecular weight excluding hydrogens is 448 g/mol. The molecule has 0 heterocycles. The van der Waals surface area contributed by atoms with E-state index in [9.17, 15) is 0 Å². The van der Waals surface area contributed by atoms with Gasteiger partial charge in [-0.05, 0) is 122 Å². The minimum absolute atomic E-state index is 0.530. The Labute approximate surface area is 220 Å². The molecule has 1 aromatic carbocycles. The van der Waals surface area contributed by atoms with E-state index >= 15 is 0 Å². The molecule has 0 saturated carbocycles. The highest BCUT2D eigenvalue weighted by Gasteiger charge is 2.09. The third kappa shape index (κ3) is 11.5. The molecule has 0 unspecified atom stereocenters. The van der Waals surface area contributed by atoms with Crippen molar-refractivity contribution in [1.82, 2.24) is 0 Å². The van der Waals surface area contributed by atoms with Crippen LogP contribution in [0.15, 0.2) is 63.5 Å². The fourth-order valence-corrected chi connectivity index (χ4v) is 4.88. The Morgan fingerprint density at radius 1 is 1.00 bits per heavy atom. The molecule has 1 aromatic rings. The molecule has 2 heteroatoms. The summed E-state index contributed by atoms with van der Waals surface area (Å²) in [5, 5.41) is 2.84. The number of thioether (sulfide) groups is 2. The molecule has 0 saturated heterocycles. The van der Waals surface area contributed by atoms with Gasteiger partial charge in [-0.1, -0.05) is 51.6 Å². The van der Waals surface area contributed by atoms with Gasteiger partial charge in [-0.15, -0.1) is 42.9 Å². The molecule has 0 aliphatic heterocycles. The highest BCUT2D eigenvalue weighted by atomic mass is 32.2. The van der Waals surface area contributed by atoms with Crippen molar-refractivity contribution in [3.63, 3.8) is 0 Å². The summed E-state index contributed by atoms with van der Waals surface area (Å²) in [5.74, 6) is 0.530. The third-order valence-electron chi connectivity index (χ3n) is 5.79. The lowest BCUT2D eigenvalue weighted by Crippen LogP contribution is -2.27. The van der Waals surface area contributed by atoms with Crippen LogP contribution in [0.2, 0.25) is 0 Å². The summed E-state index contributed by atoms with van der Waals surface area (Å²) < 4.78 is 0. The van der Waals surface area contributed by atoms with Crippen LogP contribution in [0.1, 0.15) is 73.3 Å². The van der Waals surface area contributed by atoms with Crippen LogP contribution in [0.5, 0.6) is 0 Å². The Morgan fingerprint density at radius 2 is 1.47 bits per heavy atom. The maximum Gasteiger partial charge on any atom is 0.0105 e. The maximum absolute atomic E-state index is 4.18. The average molecular weight is 497 g/mol. The van der Waals surface area contributed by atoms with Crippen molar-refractivity contribution in [1.29, 1.82) is 0 Å². The first-order valence-corrected chi connectivity index (χ1v) is 14.4. The van der Waals surface area contributed by atoms with E-state index in [1.54, 1.807) is 6.08 Å². The maximum atomic E-state index is 4.18. The molecule has 2 rings (SSSR count). The Kier molecular flexibility index (Phi) is 19.7. The van der Waals surface area contributed by atoms with Crippen LogP contribution in [0, 0.1) is 25.7 Å². The van der Waals surface area contributed by atoms with Crippen LogP contribution < -0.4 is 10.4 Å². The number of rotatable bonds is 6. The fraction of sp³-hybridized carbons (Fsp3) is 0.438. The summed E-state index contributed by atoms with van der Waals surface area (Å²) in [7, 11) is 0. The quantitative estimate of drug-likeness (QED) is 0.167. The van der Waals surface area contributed by atoms with E-state index in [2.05, 4.69) is 111 Å². The molecule has 1 aliphatic carbocycles. The third-order valence-corrected chi connectivity index (χ3v) is 7.75. The van der Waals surface area contributed by atoms with Gasteiger partial charge in [0.2, 0.25) is 0 Å². The van der Waals surface area contributed by atoms with Gasteiger partial charge in [0.05, 0.1) is 0 Å². The van der Waals surface area contributed by atoms with Crippen LogP contribution in [-0.2, 0) is 0 Å². The smallest absolute Gasteiger partial charge is 0.0105 e. The Morgan fingerprint density at radius 3 is 1.85 bits per heavy atom. The summed E-state index contributed by atoms with van der Waals surface area (Å²) in [6.07, 6.45) is 22.2. The van der Waals surface area contributed by atoms with Crippen molar-refractivity contribution in [2.45, 2.75) is 79.5 Å². The number of aryl methyl sites for hydroxylation is 1. The van der Waals surface area contributed by atoms with E-state index in [1.165, 1.54) is 60.9 Å². The lowest BCUT2D eigenvalue weighted by molar-refractivity contribution is 0.778. The highest BCUT2D eigenvalue weighted by molar-refractivity contribution is 8.02. The van der Waals surface area contributed by atoms with Crippen molar-refractivity contribution < 1.29 is 0 Å². The van der Waals surface area contributed by atoms with E-state index < -0.39 is 0 Å². The van der Waals surface area contributed by atoms with Crippen molar-refractivity contribution in [2.75, 3.05) is 12.5 Å². The number of terminal acetylenes is 1. The first kappa shape index (κ1) is 34.3. The van der Waals surface area contributed by atoms with Crippen LogP contribution >= 0.6 is 23.5 Å². The van der Waals surface area contributed by atoms with Crippen molar-refractivity contribution in [3.8, 4) is 12.8 Å². The second kappa shape index (κ2) is 19.5. The van der Waals surface area contributed by atoms with E-state index in [1.807, 2.05) is 30.4 Å². The van der Waals surface area contributed by atoms with Gasteiger partial charge in [-0.25, -0.2) is 0 Å². The Bertz CT molecular complexity index is 976. The molecule has 1 aliphatic rings. The predicted molar refractivity (Wildman–Crippen MR) is 165 cm³/mol. The molecule has 0 aromatic heterocycles. The summed E-state index contributed by atoms with van der Waals surface area (Å²) in [4.78, 5) is 2.89. The summed E-state index contributed by atoms with van der Waals surface area (Å²) in [6, 6.07) is 4.61. The molecule has 0 spiro atoms. The van der Waals surface area contributed by atoms with Crippen molar-refractivity contribution in [2.24, 2.45) is 5.92 Å². The zero-order valence-electron chi connectivity index (χ0n) is 23.5. The molecule has 0 N–H and O–H groups in total. The zero-order chi connectivity index (χ0) is 26.8. The van der Waals surface area contributed by atoms with Crippen molar-refractivity contribution >= 4 is 35.7 Å². The number of allylic oxidation sites excluding steroid dienone is 6. The fourth-order valence-electron chi connectivity index (χ4n) is 3.50. The number of hydrogen-bond acceptors (Lipinski definition) is 2. The molecular formula is C32H48S2. The van der Waals surface area contributed by atoms with E-state index in [-0.39, 0.29) is 0 Å². The van der Waals surface area contributed by atoms with Gasteiger partial charge in [0.25, 0.3) is 0 Å². The van der Waals surface area contributed by atoms with Gasteiger partial charge in [0.1, 0.15) is 0 Å². The SMILES string of the molecule is C#C.C=C(/C(C)=C(C)\C(C)=C(/CC)SC)C(C)C.C=CC.CSc1cc2c(cc1C)=CCCC=2. The van der Waals surface area contributed by atoms with Crippen molar-refractivity contribution in [3.05, 3.63) is 74.6 Å². The summed E-state index contributed by atoms with van der Waals surface area (Å²) in [6.45, 7) is 24.9. The molecule has 34 heavy (non-hydrogen) atoms. The van der Waals surface area contributed by atoms with Gasteiger partial charge in [-0.3, -0.25) is 0 Å². The largest absolute Gasteiger partial charge is 0.134 e. The van der Waals surface area contributed by atoms with Gasteiger partial charge >= 0.3 is 0 Å². The van der Waals surface area contributed by atoms with E-state index in [0.717, 1.165) is 6.42 Å². The predicted octanol–water partition coefficient (Wildman–Crippen LogP) is 9.10. The Balaban J connectivity index is 0. The van der Waals surface area contributed by atoms with Gasteiger partial charge in [0.15, 0.2) is 0 Å². The minimum Gasteiger partial charge on any atom is -0.134 e. The molecule has 0 nitrogen and oxygen atoms in total. The lowest BCUT2D eigenvalue weighted by Gasteiger charge is -2.16. The summed E-state index contributed by atoms with van der Waals surface area (Å²) in [5.41, 5.74) is 6.83. The highest BCUT2D eigenvalue weighted by Crippen LogP contribution is 2.30. The van der Waals surface area contributed by atoms with Gasteiger partial charge < -0.3 is 0 Å². The first-order valence-electron chi connectivity index (χ1n) is 11.9. The minimum atomic E-state index is 0.530. The van der Waals surface area contributed by atoms with Crippen LogP contribution in [-0.4, -0.2) is 12.5 Å². The molecule has 0 bridgehead atoms. The average Bonchev–Trinajstić information content (AvgIpc) is 2.84. The first-order chi connectivity index (χ1) is 16.1. The van der Waals surface area contributed by atoms with Crippen LogP contribution in [0.3, 0.4) is 0 Å². The second-order valence-electron chi connectivity index (χ2n) is 8.38. The number of benzene rings is 1. The van der Waals surface area contributed by atoms with Gasteiger partial charge in [0, 0.05) is 4.90 Å². The Hall–Kier alpha value is -1.82. The lowest BCUT2D eigenvalue weighted by atomic mass is 9.92. The molecule has 188 valence electrons. The zero-order valence-corrected chi connectivity index (χ0v) is 25.1. The van der Waals surface area contributed by atoms with Gasteiger partial charge in [-0.2, -0.15) is 0 Å². The van der Waals surface area contributed by atoms with E-state index in [4.69, 9.17) is 0 Å². The second-order valence-corrected chi connectivity index (χ2v) is 10.1. The molecule has 0 fully saturated rings. The van der Waals surface area contributed by atoms with Crippen LogP contribution in [0.25, 0.3) is 12.2 Å². The standard InChI is InChI=1S/C15H26S.C12H14S.C3H6.C2H2/c1-9-15(16-8)14(7)13(6)12(5)11(4)10(2)3;1-9-7-10-5-3-4-6-11(10)8-12(9)13-2;1-3-2;1-2/h10H,4,9H2,1-3,5-8H3;5-8H,3-4H2,1-2H3;3H,1H2,2H3;1-2H/b13-12-,15-14+;;;. The molecule has 0 atom stereocenters. The topological polar surface area (TPSA) is 0 Å². The molecule has 0 amide bonds. The normalized spacial score (nSPS) is 12.9. The van der Waals surface area contributed by atoms with E-state index in [0.29, 0.717) is 5.92 Å². The number of fused-ring (bicyclic) bond motifs is 1. The summed E-state index contributed by atoms with van der Waals surface area (Å²) >= 11 is 3.69. The van der Waals surface area contributed by atoms with Crippen LogP contribution in [0.4, 0.5) is 0 Å².